The second-order valence-electron chi connectivity index (χ2n) is 3.78. The van der Waals surface area contributed by atoms with Gasteiger partial charge in [-0.1, -0.05) is 11.3 Å². The Balaban J connectivity index is 2.76. The molecule has 1 rings (SSSR count). The second kappa shape index (κ2) is 6.65. The Hall–Kier alpha value is -1.02. The molecule has 6 nitrogen and oxygen atoms in total. The predicted octanol–water partition coefficient (Wildman–Crippen LogP) is 1.27. The van der Waals surface area contributed by atoms with Gasteiger partial charge in [-0.25, -0.2) is 0 Å². The third-order valence-electron chi connectivity index (χ3n) is 2.05. The van der Waals surface area contributed by atoms with Crippen LogP contribution >= 0.6 is 11.3 Å². The number of aliphatic hydroxyl groups is 1. The molecule has 0 aliphatic rings. The highest BCUT2D eigenvalue weighted by molar-refractivity contribution is 7.15. The first-order valence-corrected chi connectivity index (χ1v) is 5.97. The number of nitro groups is 1. The van der Waals surface area contributed by atoms with E-state index in [4.69, 9.17) is 9.84 Å². The third-order valence-corrected chi connectivity index (χ3v) is 3.18. The highest BCUT2D eigenvalue weighted by Crippen LogP contribution is 2.30. The molecule has 0 aliphatic carbocycles. The van der Waals surface area contributed by atoms with Crippen molar-refractivity contribution in [2.45, 2.75) is 6.10 Å². The first-order chi connectivity index (χ1) is 8.04. The summed E-state index contributed by atoms with van der Waals surface area (Å²) in [6.07, 6.45) is -0.240. The topological polar surface area (TPSA) is 75.8 Å². The van der Waals surface area contributed by atoms with Gasteiger partial charge in [-0.15, -0.1) is 0 Å². The van der Waals surface area contributed by atoms with Crippen LogP contribution in [0.3, 0.4) is 0 Å². The van der Waals surface area contributed by atoms with Crippen LogP contribution in [0.25, 0.3) is 0 Å². The van der Waals surface area contributed by atoms with Gasteiger partial charge in [0.1, 0.15) is 6.10 Å². The van der Waals surface area contributed by atoms with E-state index in [1.807, 2.05) is 19.0 Å². The zero-order chi connectivity index (χ0) is 12.8. The van der Waals surface area contributed by atoms with Gasteiger partial charge in [-0.3, -0.25) is 10.1 Å². The molecular formula is C10H16N2O4S. The van der Waals surface area contributed by atoms with Gasteiger partial charge in [0.25, 0.3) is 0 Å². The van der Waals surface area contributed by atoms with E-state index < -0.39 is 4.92 Å². The van der Waals surface area contributed by atoms with Gasteiger partial charge in [0, 0.05) is 17.5 Å². The van der Waals surface area contributed by atoms with Gasteiger partial charge < -0.3 is 14.7 Å². The number of rotatable bonds is 7. The Kier molecular flexibility index (Phi) is 5.49. The molecule has 0 bridgehead atoms. The van der Waals surface area contributed by atoms with Crippen molar-refractivity contribution in [1.29, 1.82) is 0 Å². The molecule has 1 unspecified atom stereocenters. The fraction of sp³-hybridized carbons (Fsp3) is 0.600. The summed E-state index contributed by atoms with van der Waals surface area (Å²) in [5, 5.41) is 19.5. The number of ether oxygens (including phenoxy) is 1. The fourth-order valence-corrected chi connectivity index (χ4v) is 2.23. The van der Waals surface area contributed by atoms with E-state index >= 15 is 0 Å². The highest BCUT2D eigenvalue weighted by Gasteiger charge is 2.19. The lowest BCUT2D eigenvalue weighted by atomic mass is 10.3. The Labute approximate surface area is 104 Å². The molecule has 0 saturated carbocycles. The maximum atomic E-state index is 10.6. The molecule has 1 heterocycles. The summed E-state index contributed by atoms with van der Waals surface area (Å²) in [5.41, 5.74) is 0. The number of thiophene rings is 1. The van der Waals surface area contributed by atoms with Crippen LogP contribution in [0.15, 0.2) is 12.1 Å². The predicted molar refractivity (Wildman–Crippen MR) is 65.3 cm³/mol. The van der Waals surface area contributed by atoms with E-state index in [0.29, 0.717) is 6.54 Å². The number of hydrogen-bond acceptors (Lipinski definition) is 6. The quantitative estimate of drug-likeness (QED) is 0.590. The average Bonchev–Trinajstić information content (AvgIpc) is 2.72. The van der Waals surface area contributed by atoms with Crippen molar-refractivity contribution in [3.63, 3.8) is 0 Å². The first kappa shape index (κ1) is 14.0. The number of nitrogens with zero attached hydrogens (tertiary/aromatic N) is 2. The molecule has 1 aromatic heterocycles. The highest BCUT2D eigenvalue weighted by atomic mass is 32.1. The molecule has 96 valence electrons. The largest absolute Gasteiger partial charge is 0.394 e. The molecule has 0 fully saturated rings. The molecule has 1 N–H and O–H groups in total. The van der Waals surface area contributed by atoms with Crippen molar-refractivity contribution in [2.75, 3.05) is 33.9 Å². The van der Waals surface area contributed by atoms with Crippen LogP contribution in [-0.2, 0) is 4.74 Å². The third kappa shape index (κ3) is 4.39. The fourth-order valence-electron chi connectivity index (χ4n) is 1.36. The summed E-state index contributed by atoms with van der Waals surface area (Å²) in [7, 11) is 3.80. The van der Waals surface area contributed by atoms with Crippen LogP contribution in [0, 0.1) is 10.1 Å². The lowest BCUT2D eigenvalue weighted by molar-refractivity contribution is -0.380. The summed E-state index contributed by atoms with van der Waals surface area (Å²) < 4.78 is 5.48. The van der Waals surface area contributed by atoms with Crippen LogP contribution in [0.5, 0.6) is 0 Å². The molecule has 0 aromatic carbocycles. The Morgan fingerprint density at radius 2 is 2.29 bits per heavy atom. The van der Waals surface area contributed by atoms with Crippen LogP contribution in [0.1, 0.15) is 11.0 Å². The van der Waals surface area contributed by atoms with E-state index in [1.54, 1.807) is 6.07 Å². The maximum Gasteiger partial charge on any atom is 0.324 e. The monoisotopic (exact) mass is 260 g/mol. The Bertz CT molecular complexity index is 367. The minimum atomic E-state index is -0.410. The van der Waals surface area contributed by atoms with Crippen molar-refractivity contribution in [3.05, 3.63) is 27.1 Å². The summed E-state index contributed by atoms with van der Waals surface area (Å²) in [6, 6.07) is 3.18. The van der Waals surface area contributed by atoms with E-state index in [0.717, 1.165) is 16.2 Å². The molecular weight excluding hydrogens is 244 g/mol. The normalized spacial score (nSPS) is 12.9. The Morgan fingerprint density at radius 1 is 1.59 bits per heavy atom. The standard InChI is InChI=1S/C10H16N2O4S/c1-11(2)7-8(16-6-5-13)9-3-4-10(17-9)12(14)15/h3-4,8,13H,5-7H2,1-2H3. The van der Waals surface area contributed by atoms with Crippen LogP contribution in [-0.4, -0.2) is 48.8 Å². The van der Waals surface area contributed by atoms with E-state index in [-0.39, 0.29) is 24.3 Å². The zero-order valence-electron chi connectivity index (χ0n) is 9.83. The van der Waals surface area contributed by atoms with Gasteiger partial charge in [0.2, 0.25) is 0 Å². The van der Waals surface area contributed by atoms with Gasteiger partial charge in [0.15, 0.2) is 0 Å². The molecule has 0 saturated heterocycles. The molecule has 0 radical (unpaired) electrons. The van der Waals surface area contributed by atoms with Crippen molar-refractivity contribution >= 4 is 16.3 Å². The van der Waals surface area contributed by atoms with E-state index in [9.17, 15) is 10.1 Å². The molecule has 0 spiro atoms. The lowest BCUT2D eigenvalue weighted by Gasteiger charge is -2.19. The SMILES string of the molecule is CN(C)CC(OCCO)c1ccc([N+](=O)[O-])s1. The smallest absolute Gasteiger partial charge is 0.324 e. The average molecular weight is 260 g/mol. The molecule has 17 heavy (non-hydrogen) atoms. The van der Waals surface area contributed by atoms with Crippen LogP contribution < -0.4 is 0 Å². The van der Waals surface area contributed by atoms with Gasteiger partial charge >= 0.3 is 5.00 Å². The molecule has 0 amide bonds. The molecule has 1 atom stereocenters. The van der Waals surface area contributed by atoms with Gasteiger partial charge in [0.05, 0.1) is 18.1 Å². The van der Waals surface area contributed by atoms with E-state index in [1.165, 1.54) is 6.07 Å². The van der Waals surface area contributed by atoms with Crippen molar-refractivity contribution in [2.24, 2.45) is 0 Å². The molecule has 1 aromatic rings. The number of hydrogen-bond donors (Lipinski definition) is 1. The van der Waals surface area contributed by atoms with Crippen LogP contribution in [0.4, 0.5) is 5.00 Å². The number of likely N-dealkylation sites (N-methyl/N-ethyl adjacent to an activating group) is 1. The lowest BCUT2D eigenvalue weighted by Crippen LogP contribution is -2.22. The minimum Gasteiger partial charge on any atom is -0.394 e. The van der Waals surface area contributed by atoms with Crippen molar-refractivity contribution in [1.82, 2.24) is 4.90 Å². The Morgan fingerprint density at radius 3 is 2.76 bits per heavy atom. The maximum absolute atomic E-state index is 10.6. The summed E-state index contributed by atoms with van der Waals surface area (Å²) >= 11 is 1.11. The summed E-state index contributed by atoms with van der Waals surface area (Å²) in [4.78, 5) is 12.9. The second-order valence-corrected chi connectivity index (χ2v) is 4.87. The van der Waals surface area contributed by atoms with Gasteiger partial charge in [-0.2, -0.15) is 0 Å². The van der Waals surface area contributed by atoms with Crippen molar-refractivity contribution < 1.29 is 14.8 Å². The molecule has 7 heteroatoms. The van der Waals surface area contributed by atoms with Crippen molar-refractivity contribution in [3.8, 4) is 0 Å². The molecule has 0 aliphatic heterocycles. The zero-order valence-corrected chi connectivity index (χ0v) is 10.6. The van der Waals surface area contributed by atoms with Gasteiger partial charge in [-0.05, 0) is 20.2 Å². The summed E-state index contributed by atoms with van der Waals surface area (Å²) in [5.74, 6) is 0. The number of aliphatic hydroxyl groups excluding tert-OH is 1. The summed E-state index contributed by atoms with van der Waals surface area (Å²) in [6.45, 7) is 0.791. The minimum absolute atomic E-state index is 0.0581. The van der Waals surface area contributed by atoms with E-state index in [2.05, 4.69) is 0 Å². The first-order valence-electron chi connectivity index (χ1n) is 5.16. The van der Waals surface area contributed by atoms with Crippen LogP contribution in [0.2, 0.25) is 0 Å².